The molecule has 0 fully saturated rings. The van der Waals surface area contributed by atoms with E-state index >= 15 is 0 Å². The number of carbonyl (C=O) groups is 1. The summed E-state index contributed by atoms with van der Waals surface area (Å²) in [5.74, 6) is 0.418. The van der Waals surface area contributed by atoms with Gasteiger partial charge in [-0.2, -0.15) is 0 Å². The van der Waals surface area contributed by atoms with E-state index in [9.17, 15) is 4.79 Å². The van der Waals surface area contributed by atoms with Gasteiger partial charge in [-0.15, -0.1) is 0 Å². The number of aromatic amines is 1. The first-order valence-electron chi connectivity index (χ1n) is 7.36. The monoisotopic (exact) mass is 326 g/mol. The highest BCUT2D eigenvalue weighted by atomic mass is 32.2. The lowest BCUT2D eigenvalue weighted by Gasteiger charge is -2.18. The number of thioether (sulfide) groups is 1. The Morgan fingerprint density at radius 1 is 1.13 bits per heavy atom. The number of nitrogens with one attached hydrogen (secondary N) is 1. The SMILES string of the molecule is CC(C)(C)c1ccc(C(=O)CSc2ncnc3nc[nH]c23)cc1. The quantitative estimate of drug-likeness (QED) is 0.450. The van der Waals surface area contributed by atoms with Crippen LogP contribution in [-0.2, 0) is 5.41 Å². The average molecular weight is 326 g/mol. The van der Waals surface area contributed by atoms with E-state index in [1.165, 1.54) is 23.7 Å². The van der Waals surface area contributed by atoms with Crippen molar-refractivity contribution in [3.05, 3.63) is 48.0 Å². The normalized spacial score (nSPS) is 11.8. The summed E-state index contributed by atoms with van der Waals surface area (Å²) in [6, 6.07) is 7.84. The fourth-order valence-electron chi connectivity index (χ4n) is 2.23. The predicted molar refractivity (Wildman–Crippen MR) is 91.9 cm³/mol. The highest BCUT2D eigenvalue weighted by molar-refractivity contribution is 8.00. The third kappa shape index (κ3) is 3.42. The molecule has 2 heterocycles. The number of fused-ring (bicyclic) bond motifs is 1. The second-order valence-corrected chi connectivity index (χ2v) is 7.28. The first kappa shape index (κ1) is 15.7. The van der Waals surface area contributed by atoms with Crippen molar-refractivity contribution in [2.75, 3.05) is 5.75 Å². The lowest BCUT2D eigenvalue weighted by Crippen LogP contribution is -2.11. The van der Waals surface area contributed by atoms with Crippen LogP contribution in [0.3, 0.4) is 0 Å². The van der Waals surface area contributed by atoms with Gasteiger partial charge in [0.05, 0.1) is 12.1 Å². The molecule has 0 atom stereocenters. The molecule has 0 radical (unpaired) electrons. The molecule has 1 N–H and O–H groups in total. The van der Waals surface area contributed by atoms with Gasteiger partial charge in [-0.05, 0) is 11.0 Å². The van der Waals surface area contributed by atoms with Gasteiger partial charge < -0.3 is 4.98 Å². The molecule has 0 aliphatic carbocycles. The molecule has 3 rings (SSSR count). The van der Waals surface area contributed by atoms with Gasteiger partial charge in [0.1, 0.15) is 16.9 Å². The van der Waals surface area contributed by atoms with Gasteiger partial charge in [-0.3, -0.25) is 4.79 Å². The molecule has 118 valence electrons. The van der Waals surface area contributed by atoms with Crippen LogP contribution in [0.1, 0.15) is 36.7 Å². The summed E-state index contributed by atoms with van der Waals surface area (Å²) in [4.78, 5) is 27.8. The number of Topliss-reactive ketones (excluding diaryl/α,β-unsaturated/α-hetero) is 1. The van der Waals surface area contributed by atoms with Gasteiger partial charge >= 0.3 is 0 Å². The number of H-pyrrole nitrogens is 1. The lowest BCUT2D eigenvalue weighted by atomic mass is 9.86. The molecule has 2 aromatic heterocycles. The molecule has 1 aromatic carbocycles. The van der Waals surface area contributed by atoms with E-state index in [0.717, 1.165) is 16.1 Å². The number of rotatable bonds is 4. The van der Waals surface area contributed by atoms with E-state index < -0.39 is 0 Å². The van der Waals surface area contributed by atoms with Crippen LogP contribution in [0.4, 0.5) is 0 Å². The molecule has 0 bridgehead atoms. The van der Waals surface area contributed by atoms with Crippen LogP contribution >= 0.6 is 11.8 Å². The Morgan fingerprint density at radius 3 is 2.57 bits per heavy atom. The first-order chi connectivity index (χ1) is 10.9. The molecular formula is C17H18N4OS. The number of carbonyl (C=O) groups excluding carboxylic acids is 1. The molecule has 0 spiro atoms. The minimum Gasteiger partial charge on any atom is -0.341 e. The molecule has 6 heteroatoms. The molecular weight excluding hydrogens is 308 g/mol. The van der Waals surface area contributed by atoms with Crippen molar-refractivity contribution in [1.82, 2.24) is 19.9 Å². The smallest absolute Gasteiger partial charge is 0.181 e. The van der Waals surface area contributed by atoms with Crippen LogP contribution in [0.2, 0.25) is 0 Å². The molecule has 0 aliphatic rings. The Hall–Kier alpha value is -2.21. The van der Waals surface area contributed by atoms with Crippen molar-refractivity contribution >= 4 is 28.7 Å². The Bertz CT molecular complexity index is 834. The van der Waals surface area contributed by atoms with Gasteiger partial charge in [0.2, 0.25) is 0 Å². The highest BCUT2D eigenvalue weighted by Crippen LogP contribution is 2.24. The van der Waals surface area contributed by atoms with Crippen molar-refractivity contribution in [3.63, 3.8) is 0 Å². The number of aromatic nitrogens is 4. The third-order valence-corrected chi connectivity index (χ3v) is 4.59. The van der Waals surface area contributed by atoms with Crippen molar-refractivity contribution < 1.29 is 4.79 Å². The van der Waals surface area contributed by atoms with E-state index in [0.29, 0.717) is 11.4 Å². The highest BCUT2D eigenvalue weighted by Gasteiger charge is 2.15. The summed E-state index contributed by atoms with van der Waals surface area (Å²) in [7, 11) is 0. The average Bonchev–Trinajstić information content (AvgIpc) is 3.01. The lowest BCUT2D eigenvalue weighted by molar-refractivity contribution is 0.102. The van der Waals surface area contributed by atoms with Gasteiger partial charge in [-0.1, -0.05) is 56.8 Å². The first-order valence-corrected chi connectivity index (χ1v) is 8.34. The number of imidazole rings is 1. The minimum absolute atomic E-state index is 0.0849. The van der Waals surface area contributed by atoms with E-state index in [2.05, 4.69) is 40.7 Å². The summed E-state index contributed by atoms with van der Waals surface area (Å²) in [5.41, 5.74) is 3.42. The van der Waals surface area contributed by atoms with Gasteiger partial charge in [-0.25, -0.2) is 15.0 Å². The summed E-state index contributed by atoms with van der Waals surface area (Å²) < 4.78 is 0. The van der Waals surface area contributed by atoms with Crippen LogP contribution in [0.25, 0.3) is 11.2 Å². The molecule has 0 saturated carbocycles. The van der Waals surface area contributed by atoms with E-state index in [-0.39, 0.29) is 11.2 Å². The van der Waals surface area contributed by atoms with E-state index in [1.54, 1.807) is 6.33 Å². The predicted octanol–water partition coefficient (Wildman–Crippen LogP) is 3.63. The second kappa shape index (κ2) is 6.12. The summed E-state index contributed by atoms with van der Waals surface area (Å²) in [6.07, 6.45) is 3.05. The zero-order valence-corrected chi connectivity index (χ0v) is 14.1. The van der Waals surface area contributed by atoms with Crippen molar-refractivity contribution in [3.8, 4) is 0 Å². The number of hydrogen-bond donors (Lipinski definition) is 1. The standard InChI is InChI=1S/C17H18N4OS/c1-17(2,3)12-6-4-11(5-7-12)13(22)8-23-16-14-15(19-9-18-14)20-10-21-16/h4-7,9-10H,8H2,1-3H3,(H,18,19,20,21). The maximum absolute atomic E-state index is 12.4. The Balaban J connectivity index is 1.71. The number of hydrogen-bond acceptors (Lipinski definition) is 5. The topological polar surface area (TPSA) is 71.5 Å². The van der Waals surface area contributed by atoms with Crippen molar-refractivity contribution in [2.45, 2.75) is 31.2 Å². The third-order valence-electron chi connectivity index (χ3n) is 3.60. The molecule has 0 unspecified atom stereocenters. The van der Waals surface area contributed by atoms with Crippen molar-refractivity contribution in [2.24, 2.45) is 0 Å². The molecule has 23 heavy (non-hydrogen) atoms. The van der Waals surface area contributed by atoms with Crippen LogP contribution in [0, 0.1) is 0 Å². The van der Waals surface area contributed by atoms with Crippen LogP contribution < -0.4 is 0 Å². The van der Waals surface area contributed by atoms with Crippen LogP contribution in [-0.4, -0.2) is 31.5 Å². The summed E-state index contributed by atoms with van der Waals surface area (Å²) in [6.45, 7) is 6.47. The molecule has 3 aromatic rings. The second-order valence-electron chi connectivity index (χ2n) is 6.32. The fraction of sp³-hybridized carbons (Fsp3) is 0.294. The van der Waals surface area contributed by atoms with E-state index in [4.69, 9.17) is 0 Å². The largest absolute Gasteiger partial charge is 0.341 e. The number of benzene rings is 1. The van der Waals surface area contributed by atoms with Gasteiger partial charge in [0, 0.05) is 5.56 Å². The van der Waals surface area contributed by atoms with Crippen molar-refractivity contribution in [1.29, 1.82) is 0 Å². The Labute approximate surface area is 139 Å². The van der Waals surface area contributed by atoms with Crippen LogP contribution in [0.5, 0.6) is 0 Å². The molecule has 0 aliphatic heterocycles. The molecule has 0 amide bonds. The Kier molecular flexibility index (Phi) is 4.17. The summed E-state index contributed by atoms with van der Waals surface area (Å²) in [5, 5.41) is 0.743. The van der Waals surface area contributed by atoms with E-state index in [1.807, 2.05) is 24.3 Å². The maximum atomic E-state index is 12.4. The number of ketones is 1. The number of nitrogens with zero attached hydrogens (tertiary/aromatic N) is 3. The van der Waals surface area contributed by atoms with Crippen LogP contribution in [0.15, 0.2) is 41.9 Å². The Morgan fingerprint density at radius 2 is 1.87 bits per heavy atom. The fourth-order valence-corrected chi connectivity index (χ4v) is 3.08. The van der Waals surface area contributed by atoms with Gasteiger partial charge in [0.25, 0.3) is 0 Å². The zero-order chi connectivity index (χ0) is 16.4. The summed E-state index contributed by atoms with van der Waals surface area (Å²) >= 11 is 1.40. The maximum Gasteiger partial charge on any atom is 0.181 e. The van der Waals surface area contributed by atoms with Gasteiger partial charge in [0.15, 0.2) is 11.4 Å². The minimum atomic E-state index is 0.0849. The zero-order valence-electron chi connectivity index (χ0n) is 13.3. The molecule has 0 saturated heterocycles. The molecule has 5 nitrogen and oxygen atoms in total.